The fourth-order valence-electron chi connectivity index (χ4n) is 2.10. The molecule has 0 spiro atoms. The Morgan fingerprint density at radius 3 is 2.79 bits per heavy atom. The first-order chi connectivity index (χ1) is 8.95. The first-order valence-electron chi connectivity index (χ1n) is 5.97. The van der Waals surface area contributed by atoms with Gasteiger partial charge in [0.25, 0.3) is 0 Å². The maximum Gasteiger partial charge on any atom is 0.243 e. The molecule has 1 saturated heterocycles. The van der Waals surface area contributed by atoms with Crippen LogP contribution < -0.4 is 4.74 Å². The van der Waals surface area contributed by atoms with Gasteiger partial charge in [-0.05, 0) is 47.0 Å². The van der Waals surface area contributed by atoms with Crippen LogP contribution >= 0.6 is 15.9 Å². The van der Waals surface area contributed by atoms with Crippen LogP contribution in [0.25, 0.3) is 0 Å². The molecule has 0 aromatic heterocycles. The molecule has 0 aliphatic carbocycles. The van der Waals surface area contributed by atoms with Gasteiger partial charge in [-0.3, -0.25) is 0 Å². The van der Waals surface area contributed by atoms with Crippen molar-refractivity contribution in [2.75, 3.05) is 20.2 Å². The molecular formula is C12H16BrNO4S. The number of ether oxygens (including phenoxy) is 1. The molecule has 1 aromatic carbocycles. The van der Waals surface area contributed by atoms with Crippen molar-refractivity contribution in [1.29, 1.82) is 0 Å². The van der Waals surface area contributed by atoms with Crippen molar-refractivity contribution in [1.82, 2.24) is 4.31 Å². The summed E-state index contributed by atoms with van der Waals surface area (Å²) in [6.07, 6.45) is 0.751. The van der Waals surface area contributed by atoms with E-state index in [0.29, 0.717) is 29.6 Å². The van der Waals surface area contributed by atoms with Crippen molar-refractivity contribution in [3.8, 4) is 5.75 Å². The number of benzene rings is 1. The predicted molar refractivity (Wildman–Crippen MR) is 74.7 cm³/mol. The van der Waals surface area contributed by atoms with E-state index < -0.39 is 16.1 Å². The Hall–Kier alpha value is -0.630. The third kappa shape index (κ3) is 3.10. The molecule has 2 rings (SSSR count). The average Bonchev–Trinajstić information content (AvgIpc) is 2.38. The van der Waals surface area contributed by atoms with Crippen molar-refractivity contribution in [3.63, 3.8) is 0 Å². The molecular weight excluding hydrogens is 334 g/mol. The van der Waals surface area contributed by atoms with Gasteiger partial charge >= 0.3 is 0 Å². The van der Waals surface area contributed by atoms with Crippen molar-refractivity contribution in [2.45, 2.75) is 23.8 Å². The van der Waals surface area contributed by atoms with E-state index >= 15 is 0 Å². The molecule has 5 nitrogen and oxygen atoms in total. The maximum atomic E-state index is 12.4. The number of hydrogen-bond donors (Lipinski definition) is 1. The Morgan fingerprint density at radius 1 is 1.47 bits per heavy atom. The van der Waals surface area contributed by atoms with Gasteiger partial charge in [-0.15, -0.1) is 0 Å². The van der Waals surface area contributed by atoms with Crippen LogP contribution in [0, 0.1) is 0 Å². The number of hydrogen-bond acceptors (Lipinski definition) is 4. The zero-order chi connectivity index (χ0) is 14.0. The van der Waals surface area contributed by atoms with Crippen LogP contribution in [0.4, 0.5) is 0 Å². The molecule has 0 bridgehead atoms. The summed E-state index contributed by atoms with van der Waals surface area (Å²) >= 11 is 3.28. The van der Waals surface area contributed by atoms with E-state index in [2.05, 4.69) is 15.9 Å². The molecule has 1 N–H and O–H groups in total. The fourth-order valence-corrected chi connectivity index (χ4v) is 4.33. The Bertz CT molecular complexity index is 561. The van der Waals surface area contributed by atoms with Crippen molar-refractivity contribution in [3.05, 3.63) is 22.7 Å². The summed E-state index contributed by atoms with van der Waals surface area (Å²) in [6, 6.07) is 4.65. The molecule has 1 heterocycles. The summed E-state index contributed by atoms with van der Waals surface area (Å²) in [4.78, 5) is 0.203. The number of aliphatic hydroxyl groups excluding tert-OH is 1. The summed E-state index contributed by atoms with van der Waals surface area (Å²) in [5, 5.41) is 9.59. The third-order valence-electron chi connectivity index (χ3n) is 3.12. The first-order valence-corrected chi connectivity index (χ1v) is 8.20. The SMILES string of the molecule is COc1ccc(S(=O)(=O)N2CCCC(O)C2)cc1Br. The summed E-state index contributed by atoms with van der Waals surface area (Å²) in [7, 11) is -2.03. The van der Waals surface area contributed by atoms with Crippen LogP contribution in [0.2, 0.25) is 0 Å². The highest BCUT2D eigenvalue weighted by Gasteiger charge is 2.29. The summed E-state index contributed by atoms with van der Waals surface area (Å²) in [5.41, 5.74) is 0. The lowest BCUT2D eigenvalue weighted by atomic mass is 10.1. The predicted octanol–water partition coefficient (Wildman–Crippen LogP) is 1.60. The topological polar surface area (TPSA) is 66.8 Å². The molecule has 7 heteroatoms. The van der Waals surface area contributed by atoms with Gasteiger partial charge in [-0.2, -0.15) is 4.31 Å². The van der Waals surface area contributed by atoms with E-state index in [1.165, 1.54) is 23.5 Å². The van der Waals surface area contributed by atoms with E-state index in [0.717, 1.165) is 0 Å². The maximum absolute atomic E-state index is 12.4. The number of methoxy groups -OCH3 is 1. The first kappa shape index (κ1) is 14.8. The van der Waals surface area contributed by atoms with Crippen molar-refractivity contribution < 1.29 is 18.3 Å². The normalized spacial score (nSPS) is 21.3. The van der Waals surface area contributed by atoms with Crippen LogP contribution in [-0.2, 0) is 10.0 Å². The monoisotopic (exact) mass is 349 g/mol. The van der Waals surface area contributed by atoms with Crippen LogP contribution in [-0.4, -0.2) is 44.1 Å². The second kappa shape index (κ2) is 5.78. The lowest BCUT2D eigenvalue weighted by molar-refractivity contribution is 0.108. The Morgan fingerprint density at radius 2 is 2.21 bits per heavy atom. The van der Waals surface area contributed by atoms with Crippen molar-refractivity contribution in [2.24, 2.45) is 0 Å². The highest BCUT2D eigenvalue weighted by Crippen LogP contribution is 2.29. The van der Waals surface area contributed by atoms with E-state index in [1.54, 1.807) is 6.07 Å². The molecule has 1 unspecified atom stereocenters. The van der Waals surface area contributed by atoms with E-state index in [4.69, 9.17) is 4.74 Å². The number of aliphatic hydroxyl groups is 1. The molecule has 1 atom stereocenters. The van der Waals surface area contributed by atoms with Gasteiger partial charge in [-0.1, -0.05) is 0 Å². The molecule has 1 fully saturated rings. The lowest BCUT2D eigenvalue weighted by Crippen LogP contribution is -2.42. The third-order valence-corrected chi connectivity index (χ3v) is 5.60. The number of nitrogens with zero attached hydrogens (tertiary/aromatic N) is 1. The van der Waals surface area contributed by atoms with Gasteiger partial charge in [0.1, 0.15) is 5.75 Å². The van der Waals surface area contributed by atoms with E-state index in [-0.39, 0.29) is 11.4 Å². The Balaban J connectivity index is 2.31. The number of halogens is 1. The van der Waals surface area contributed by atoms with Crippen LogP contribution in [0.1, 0.15) is 12.8 Å². The molecule has 106 valence electrons. The second-order valence-corrected chi connectivity index (χ2v) is 7.25. The van der Waals surface area contributed by atoms with E-state index in [1.807, 2.05) is 0 Å². The van der Waals surface area contributed by atoms with Gasteiger partial charge in [0, 0.05) is 13.1 Å². The zero-order valence-electron chi connectivity index (χ0n) is 10.5. The number of sulfonamides is 1. The summed E-state index contributed by atoms with van der Waals surface area (Å²) in [6.45, 7) is 0.606. The minimum atomic E-state index is -3.55. The molecule has 1 aromatic rings. The lowest BCUT2D eigenvalue weighted by Gasteiger charge is -2.29. The van der Waals surface area contributed by atoms with Crippen LogP contribution in [0.15, 0.2) is 27.6 Å². The number of rotatable bonds is 3. The molecule has 0 amide bonds. The van der Waals surface area contributed by atoms with Gasteiger partial charge in [0.2, 0.25) is 10.0 Å². The molecule has 1 aliphatic rings. The van der Waals surface area contributed by atoms with Gasteiger partial charge in [-0.25, -0.2) is 8.42 Å². The molecule has 19 heavy (non-hydrogen) atoms. The quantitative estimate of drug-likeness (QED) is 0.899. The Kier molecular flexibility index (Phi) is 4.50. The molecule has 0 saturated carbocycles. The fraction of sp³-hybridized carbons (Fsp3) is 0.500. The highest BCUT2D eigenvalue weighted by atomic mass is 79.9. The van der Waals surface area contributed by atoms with Gasteiger partial charge in [0.15, 0.2) is 0 Å². The largest absolute Gasteiger partial charge is 0.496 e. The second-order valence-electron chi connectivity index (χ2n) is 4.46. The standard InChI is InChI=1S/C12H16BrNO4S/c1-18-12-5-4-10(7-11(12)13)19(16,17)14-6-2-3-9(15)8-14/h4-5,7,9,15H,2-3,6,8H2,1H3. The van der Waals surface area contributed by atoms with Crippen molar-refractivity contribution >= 4 is 26.0 Å². The summed E-state index contributed by atoms with van der Waals surface area (Å²) in [5.74, 6) is 0.581. The van der Waals surface area contributed by atoms with Crippen LogP contribution in [0.3, 0.4) is 0 Å². The Labute approximate surface area is 121 Å². The van der Waals surface area contributed by atoms with Gasteiger partial charge in [0.05, 0.1) is 22.6 Å². The smallest absolute Gasteiger partial charge is 0.243 e. The van der Waals surface area contributed by atoms with Crippen LogP contribution in [0.5, 0.6) is 5.75 Å². The van der Waals surface area contributed by atoms with Gasteiger partial charge < -0.3 is 9.84 Å². The number of piperidine rings is 1. The minimum Gasteiger partial charge on any atom is -0.496 e. The zero-order valence-corrected chi connectivity index (χ0v) is 12.9. The number of β-amino-alcohol motifs (C(OH)–C–C–N with tert-alkyl or cyclic N) is 1. The van der Waals surface area contributed by atoms with E-state index in [9.17, 15) is 13.5 Å². The average molecular weight is 350 g/mol. The summed E-state index contributed by atoms with van der Waals surface area (Å²) < 4.78 is 31.9. The molecule has 0 radical (unpaired) electrons. The minimum absolute atomic E-state index is 0.159. The molecule has 1 aliphatic heterocycles. The highest BCUT2D eigenvalue weighted by molar-refractivity contribution is 9.10.